The minimum atomic E-state index is -0.462. The van der Waals surface area contributed by atoms with Gasteiger partial charge in [0.2, 0.25) is 11.8 Å². The molecule has 3 heterocycles. The first-order valence-electron chi connectivity index (χ1n) is 9.23. The molecule has 1 unspecified atom stereocenters. The van der Waals surface area contributed by atoms with E-state index in [2.05, 4.69) is 10.3 Å². The van der Waals surface area contributed by atoms with E-state index in [-0.39, 0.29) is 35.9 Å². The van der Waals surface area contributed by atoms with Crippen LogP contribution in [-0.2, 0) is 16.1 Å². The van der Waals surface area contributed by atoms with Crippen LogP contribution in [0.2, 0.25) is 0 Å². The molecule has 152 valence electrons. The van der Waals surface area contributed by atoms with Gasteiger partial charge in [-0.25, -0.2) is 4.98 Å². The van der Waals surface area contributed by atoms with Gasteiger partial charge < -0.3 is 10.2 Å². The first-order chi connectivity index (χ1) is 13.1. The van der Waals surface area contributed by atoms with E-state index >= 15 is 0 Å². The average Bonchev–Trinajstić information content (AvgIpc) is 3.18. The number of hydrogen-bond donors (Lipinski definition) is 1. The topological polar surface area (TPSA) is 84.3 Å². The van der Waals surface area contributed by atoms with Crippen LogP contribution in [0.3, 0.4) is 0 Å². The van der Waals surface area contributed by atoms with Crippen LogP contribution in [0.4, 0.5) is 0 Å². The van der Waals surface area contributed by atoms with E-state index in [1.54, 1.807) is 16.7 Å². The number of thioether (sulfide) groups is 1. The molecule has 0 radical (unpaired) electrons. The summed E-state index contributed by atoms with van der Waals surface area (Å²) in [7, 11) is 0. The Balaban J connectivity index is 1.71. The fraction of sp³-hybridized carbons (Fsp3) is 0.579. The van der Waals surface area contributed by atoms with Crippen LogP contribution in [0.1, 0.15) is 37.6 Å². The van der Waals surface area contributed by atoms with Crippen LogP contribution < -0.4 is 10.9 Å². The molecule has 1 aliphatic heterocycles. The van der Waals surface area contributed by atoms with Crippen LogP contribution in [-0.4, -0.2) is 49.5 Å². The van der Waals surface area contributed by atoms with Gasteiger partial charge in [0.05, 0.1) is 17.6 Å². The van der Waals surface area contributed by atoms with Crippen LogP contribution in [0.5, 0.6) is 0 Å². The quantitative estimate of drug-likeness (QED) is 0.817. The third-order valence-electron chi connectivity index (χ3n) is 4.73. The van der Waals surface area contributed by atoms with Crippen LogP contribution in [0.25, 0.3) is 10.2 Å². The zero-order chi connectivity index (χ0) is 20.6. The van der Waals surface area contributed by atoms with Gasteiger partial charge in [-0.3, -0.25) is 19.0 Å². The normalized spacial score (nSPS) is 17.3. The number of carbonyl (C=O) groups excluding carboxylic acids is 2. The van der Waals surface area contributed by atoms with Gasteiger partial charge in [-0.15, -0.1) is 23.1 Å². The monoisotopic (exact) mass is 422 g/mol. The summed E-state index contributed by atoms with van der Waals surface area (Å²) in [5.74, 6) is 0.838. The molecule has 1 aliphatic rings. The maximum atomic E-state index is 12.8. The van der Waals surface area contributed by atoms with Crippen LogP contribution in [0, 0.1) is 13.8 Å². The maximum Gasteiger partial charge on any atom is 0.262 e. The molecule has 0 bridgehead atoms. The van der Waals surface area contributed by atoms with Gasteiger partial charge in [-0.2, -0.15) is 0 Å². The molecule has 0 spiro atoms. The lowest BCUT2D eigenvalue weighted by atomic mass is 10.1. The molecule has 0 saturated carbocycles. The molecule has 7 nitrogen and oxygen atoms in total. The van der Waals surface area contributed by atoms with Gasteiger partial charge in [-0.1, -0.05) is 0 Å². The zero-order valence-corrected chi connectivity index (χ0v) is 18.5. The van der Waals surface area contributed by atoms with Gasteiger partial charge in [0, 0.05) is 29.1 Å². The van der Waals surface area contributed by atoms with Crippen LogP contribution in [0.15, 0.2) is 11.1 Å². The zero-order valence-electron chi connectivity index (χ0n) is 16.9. The number of fused-ring (bicyclic) bond motifs is 1. The summed E-state index contributed by atoms with van der Waals surface area (Å²) in [6.45, 7) is 9.91. The lowest BCUT2D eigenvalue weighted by Crippen LogP contribution is -2.52. The first-order valence-corrected chi connectivity index (χ1v) is 11.2. The molecule has 1 atom stereocenters. The highest BCUT2D eigenvalue weighted by Crippen LogP contribution is 2.26. The molecule has 9 heteroatoms. The predicted molar refractivity (Wildman–Crippen MR) is 114 cm³/mol. The maximum absolute atomic E-state index is 12.8. The van der Waals surface area contributed by atoms with Gasteiger partial charge >= 0.3 is 0 Å². The molecular weight excluding hydrogens is 396 g/mol. The molecule has 1 N–H and O–H groups in total. The van der Waals surface area contributed by atoms with Gasteiger partial charge in [-0.05, 0) is 40.2 Å². The number of hydrogen-bond acceptors (Lipinski definition) is 6. The second kappa shape index (κ2) is 7.87. The molecule has 2 aromatic rings. The third kappa shape index (κ3) is 4.25. The first kappa shape index (κ1) is 20.9. The van der Waals surface area contributed by atoms with Crippen molar-refractivity contribution in [3.63, 3.8) is 0 Å². The fourth-order valence-corrected chi connectivity index (χ4v) is 5.32. The average molecular weight is 423 g/mol. The molecule has 0 aliphatic carbocycles. The molecule has 2 aromatic heterocycles. The highest BCUT2D eigenvalue weighted by Gasteiger charge is 2.35. The number of nitrogens with zero attached hydrogens (tertiary/aromatic N) is 3. The van der Waals surface area contributed by atoms with E-state index in [0.29, 0.717) is 17.0 Å². The number of aromatic nitrogens is 2. The Morgan fingerprint density at radius 3 is 2.71 bits per heavy atom. The Kier molecular flexibility index (Phi) is 5.86. The molecule has 3 rings (SSSR count). The van der Waals surface area contributed by atoms with Crippen molar-refractivity contribution in [2.45, 2.75) is 59.2 Å². The molecule has 1 fully saturated rings. The summed E-state index contributed by atoms with van der Waals surface area (Å²) in [6.07, 6.45) is 1.67. The second-order valence-electron chi connectivity index (χ2n) is 8.07. The number of rotatable bonds is 4. The Labute approximate surface area is 172 Å². The molecule has 28 heavy (non-hydrogen) atoms. The minimum Gasteiger partial charge on any atom is -0.350 e. The summed E-state index contributed by atoms with van der Waals surface area (Å²) >= 11 is 3.08. The highest BCUT2D eigenvalue weighted by atomic mass is 32.2. The second-order valence-corrected chi connectivity index (χ2v) is 10.3. The van der Waals surface area contributed by atoms with Crippen molar-refractivity contribution in [1.29, 1.82) is 0 Å². The minimum absolute atomic E-state index is 0.113. The molecular formula is C19H26N4O3S2. The smallest absolute Gasteiger partial charge is 0.262 e. The summed E-state index contributed by atoms with van der Waals surface area (Å²) in [5, 5.41) is 3.58. The Morgan fingerprint density at radius 1 is 1.32 bits per heavy atom. The Bertz CT molecular complexity index is 974. The van der Waals surface area contributed by atoms with E-state index in [1.165, 1.54) is 22.2 Å². The number of thiophene rings is 1. The Morgan fingerprint density at radius 2 is 2.04 bits per heavy atom. The van der Waals surface area contributed by atoms with E-state index in [4.69, 9.17) is 0 Å². The predicted octanol–water partition coefficient (Wildman–Crippen LogP) is 2.28. The van der Waals surface area contributed by atoms with E-state index in [0.717, 1.165) is 15.3 Å². The highest BCUT2D eigenvalue weighted by molar-refractivity contribution is 7.99. The van der Waals surface area contributed by atoms with E-state index < -0.39 is 6.04 Å². The third-order valence-corrected chi connectivity index (χ3v) is 6.85. The number of carbonyl (C=O) groups is 2. The SMILES string of the molecule is Cc1sc2ncn(CCC(=O)N3CSCC3C(=O)NC(C)(C)C)c(=O)c2c1C. The molecule has 2 amide bonds. The lowest BCUT2D eigenvalue weighted by molar-refractivity contribution is -0.138. The number of nitrogens with one attached hydrogen (secondary N) is 1. The van der Waals surface area contributed by atoms with Crippen molar-refractivity contribution in [3.05, 3.63) is 27.1 Å². The van der Waals surface area contributed by atoms with Gasteiger partial charge in [0.15, 0.2) is 0 Å². The van der Waals surface area contributed by atoms with Crippen molar-refractivity contribution < 1.29 is 9.59 Å². The number of aryl methyl sites for hydroxylation is 3. The summed E-state index contributed by atoms with van der Waals surface area (Å²) in [5.41, 5.74) is 0.495. The van der Waals surface area contributed by atoms with Crippen molar-refractivity contribution in [1.82, 2.24) is 19.8 Å². The van der Waals surface area contributed by atoms with Crippen molar-refractivity contribution in [2.24, 2.45) is 0 Å². The van der Waals surface area contributed by atoms with Crippen LogP contribution >= 0.6 is 23.1 Å². The lowest BCUT2D eigenvalue weighted by Gasteiger charge is -2.27. The molecule has 1 saturated heterocycles. The van der Waals surface area contributed by atoms with Crippen molar-refractivity contribution >= 4 is 45.1 Å². The standard InChI is InChI=1S/C19H26N4O3S2/c1-11-12(2)28-17-15(11)18(26)22(9-20-17)7-6-14(24)23-10-27-8-13(23)16(25)21-19(3,4)5/h9,13H,6-8,10H2,1-5H3,(H,21,25). The summed E-state index contributed by atoms with van der Waals surface area (Å²) in [6, 6.07) is -0.462. The largest absolute Gasteiger partial charge is 0.350 e. The summed E-state index contributed by atoms with van der Waals surface area (Å²) < 4.78 is 1.49. The van der Waals surface area contributed by atoms with Crippen molar-refractivity contribution in [3.8, 4) is 0 Å². The van der Waals surface area contributed by atoms with Gasteiger partial charge in [0.25, 0.3) is 5.56 Å². The fourth-order valence-electron chi connectivity index (χ4n) is 3.15. The Hall–Kier alpha value is -1.87. The van der Waals surface area contributed by atoms with Gasteiger partial charge in [0.1, 0.15) is 10.9 Å². The van der Waals surface area contributed by atoms with E-state index in [1.807, 2.05) is 34.6 Å². The van der Waals surface area contributed by atoms with E-state index in [9.17, 15) is 14.4 Å². The van der Waals surface area contributed by atoms with Crippen molar-refractivity contribution in [2.75, 3.05) is 11.6 Å². The number of amides is 2. The summed E-state index contributed by atoms with van der Waals surface area (Å²) in [4.78, 5) is 45.8. The molecule has 0 aromatic carbocycles.